The molecule has 0 spiro atoms. The maximum atomic E-state index is 3.59. The van der Waals surface area contributed by atoms with Gasteiger partial charge in [-0.15, -0.1) is 5.92 Å². The molecule has 0 radical (unpaired) electrons. The Labute approximate surface area is 108 Å². The Morgan fingerprint density at radius 1 is 1.33 bits per heavy atom. The normalized spacial score (nSPS) is 14.5. The van der Waals surface area contributed by atoms with Gasteiger partial charge in [0, 0.05) is 18.8 Å². The van der Waals surface area contributed by atoms with Crippen molar-refractivity contribution in [1.82, 2.24) is 9.88 Å². The van der Waals surface area contributed by atoms with Crippen LogP contribution < -0.4 is 5.32 Å². The summed E-state index contributed by atoms with van der Waals surface area (Å²) in [6.45, 7) is 3.63. The molecule has 3 rings (SSSR count). The Balaban J connectivity index is 1.93. The number of nitrogens with zero attached hydrogens (tertiary/aromatic N) is 1. The first-order chi connectivity index (χ1) is 8.88. The molecule has 92 valence electrons. The molecule has 0 bridgehead atoms. The highest BCUT2D eigenvalue weighted by atomic mass is 15.0. The van der Waals surface area contributed by atoms with Crippen LogP contribution in [0.25, 0.3) is 10.9 Å². The molecular weight excluding hydrogens is 220 g/mol. The standard InChI is InChI=1S/C16H18N2/c1-2-3-10-18-11-9-13-5-4-6-14(16(13)18)12-17-15-7-8-15/h4-6,9,11,15,17H,7-8,10,12H2,1H3. The average molecular weight is 238 g/mol. The van der Waals surface area contributed by atoms with Gasteiger partial charge in [-0.3, -0.25) is 0 Å². The van der Waals surface area contributed by atoms with E-state index < -0.39 is 0 Å². The summed E-state index contributed by atoms with van der Waals surface area (Å²) in [7, 11) is 0. The highest BCUT2D eigenvalue weighted by Crippen LogP contribution is 2.23. The summed E-state index contributed by atoms with van der Waals surface area (Å²) in [5, 5.41) is 4.90. The molecule has 1 aliphatic carbocycles. The largest absolute Gasteiger partial charge is 0.336 e. The van der Waals surface area contributed by atoms with Crippen molar-refractivity contribution in [2.45, 2.75) is 38.9 Å². The van der Waals surface area contributed by atoms with Crippen molar-refractivity contribution in [1.29, 1.82) is 0 Å². The molecule has 2 nitrogen and oxygen atoms in total. The zero-order valence-electron chi connectivity index (χ0n) is 10.7. The van der Waals surface area contributed by atoms with E-state index in [0.717, 1.165) is 19.1 Å². The molecule has 0 atom stereocenters. The van der Waals surface area contributed by atoms with Crippen LogP contribution in [0, 0.1) is 11.8 Å². The summed E-state index contributed by atoms with van der Waals surface area (Å²) in [5.41, 5.74) is 2.70. The van der Waals surface area contributed by atoms with Gasteiger partial charge >= 0.3 is 0 Å². The summed E-state index contributed by atoms with van der Waals surface area (Å²) >= 11 is 0. The smallest absolute Gasteiger partial charge is 0.0837 e. The molecule has 1 aliphatic rings. The van der Waals surface area contributed by atoms with E-state index in [4.69, 9.17) is 0 Å². The van der Waals surface area contributed by atoms with Crippen LogP contribution in [0.2, 0.25) is 0 Å². The van der Waals surface area contributed by atoms with Crippen LogP contribution in [0.4, 0.5) is 0 Å². The summed E-state index contributed by atoms with van der Waals surface area (Å²) in [6, 6.07) is 9.45. The van der Waals surface area contributed by atoms with Crippen molar-refractivity contribution in [3.8, 4) is 11.8 Å². The molecule has 0 amide bonds. The van der Waals surface area contributed by atoms with Gasteiger partial charge in [-0.05, 0) is 36.8 Å². The van der Waals surface area contributed by atoms with E-state index in [1.54, 1.807) is 0 Å². The number of benzene rings is 1. The molecule has 2 aromatic rings. The van der Waals surface area contributed by atoms with Crippen LogP contribution in [0.15, 0.2) is 30.5 Å². The zero-order chi connectivity index (χ0) is 12.4. The highest BCUT2D eigenvalue weighted by molar-refractivity contribution is 5.83. The van der Waals surface area contributed by atoms with Crippen LogP contribution in [0.1, 0.15) is 25.3 Å². The van der Waals surface area contributed by atoms with Crippen LogP contribution >= 0.6 is 0 Å². The maximum Gasteiger partial charge on any atom is 0.0837 e. The minimum absolute atomic E-state index is 0.749. The van der Waals surface area contributed by atoms with Gasteiger partial charge in [-0.1, -0.05) is 24.1 Å². The molecule has 0 unspecified atom stereocenters. The molecule has 18 heavy (non-hydrogen) atoms. The van der Waals surface area contributed by atoms with E-state index in [1.807, 2.05) is 6.92 Å². The average Bonchev–Trinajstić information content (AvgIpc) is 3.13. The van der Waals surface area contributed by atoms with Gasteiger partial charge < -0.3 is 9.88 Å². The van der Waals surface area contributed by atoms with Crippen molar-refractivity contribution in [2.24, 2.45) is 0 Å². The first-order valence-electron chi connectivity index (χ1n) is 6.58. The molecule has 1 aromatic heterocycles. The van der Waals surface area contributed by atoms with Crippen LogP contribution in [-0.2, 0) is 13.1 Å². The SMILES string of the molecule is CC#CCn1ccc2cccc(CNC3CC3)c21. The second kappa shape index (κ2) is 4.88. The summed E-state index contributed by atoms with van der Waals surface area (Å²) in [4.78, 5) is 0. The Hall–Kier alpha value is -1.72. The highest BCUT2D eigenvalue weighted by Gasteiger charge is 2.20. The number of nitrogens with one attached hydrogen (secondary N) is 1. The van der Waals surface area contributed by atoms with E-state index in [-0.39, 0.29) is 0 Å². The lowest BCUT2D eigenvalue weighted by molar-refractivity contribution is 0.687. The van der Waals surface area contributed by atoms with Crippen LogP contribution in [0.3, 0.4) is 0 Å². The fraction of sp³-hybridized carbons (Fsp3) is 0.375. The second-order valence-electron chi connectivity index (χ2n) is 4.88. The summed E-state index contributed by atoms with van der Waals surface area (Å²) in [6.07, 6.45) is 4.80. The Bertz CT molecular complexity index is 609. The minimum atomic E-state index is 0.749. The third kappa shape index (κ3) is 2.27. The van der Waals surface area contributed by atoms with Gasteiger partial charge in [0.15, 0.2) is 0 Å². The first kappa shape index (κ1) is 11.4. The van der Waals surface area contributed by atoms with Crippen molar-refractivity contribution in [3.05, 3.63) is 36.0 Å². The van der Waals surface area contributed by atoms with Crippen LogP contribution in [0.5, 0.6) is 0 Å². The Kier molecular flexibility index (Phi) is 3.08. The fourth-order valence-corrected chi connectivity index (χ4v) is 2.32. The number of hydrogen-bond acceptors (Lipinski definition) is 1. The van der Waals surface area contributed by atoms with E-state index in [2.05, 4.69) is 52.2 Å². The molecule has 1 heterocycles. The van der Waals surface area contributed by atoms with Gasteiger partial charge in [0.05, 0.1) is 12.1 Å². The molecule has 1 saturated carbocycles. The molecule has 0 aliphatic heterocycles. The van der Waals surface area contributed by atoms with Gasteiger partial charge in [0.1, 0.15) is 0 Å². The number of para-hydroxylation sites is 1. The summed E-state index contributed by atoms with van der Waals surface area (Å²) in [5.74, 6) is 6.10. The third-order valence-corrected chi connectivity index (χ3v) is 3.46. The number of hydrogen-bond donors (Lipinski definition) is 1. The number of fused-ring (bicyclic) bond motifs is 1. The lowest BCUT2D eigenvalue weighted by Crippen LogP contribution is -2.16. The van der Waals surface area contributed by atoms with Gasteiger partial charge in [0.25, 0.3) is 0 Å². The molecule has 0 saturated heterocycles. The zero-order valence-corrected chi connectivity index (χ0v) is 10.7. The summed E-state index contributed by atoms with van der Waals surface area (Å²) < 4.78 is 2.25. The van der Waals surface area contributed by atoms with E-state index in [0.29, 0.717) is 0 Å². The van der Waals surface area contributed by atoms with Crippen molar-refractivity contribution < 1.29 is 0 Å². The molecular formula is C16H18N2. The van der Waals surface area contributed by atoms with Crippen molar-refractivity contribution in [3.63, 3.8) is 0 Å². The van der Waals surface area contributed by atoms with E-state index in [1.165, 1.54) is 29.3 Å². The lowest BCUT2D eigenvalue weighted by Gasteiger charge is -2.08. The molecule has 1 N–H and O–H groups in total. The quantitative estimate of drug-likeness (QED) is 0.810. The predicted molar refractivity (Wildman–Crippen MR) is 75.2 cm³/mol. The van der Waals surface area contributed by atoms with E-state index >= 15 is 0 Å². The van der Waals surface area contributed by atoms with Crippen molar-refractivity contribution in [2.75, 3.05) is 0 Å². The molecule has 1 aromatic carbocycles. The van der Waals surface area contributed by atoms with Crippen LogP contribution in [-0.4, -0.2) is 10.6 Å². The van der Waals surface area contributed by atoms with Gasteiger partial charge in [-0.25, -0.2) is 0 Å². The van der Waals surface area contributed by atoms with Gasteiger partial charge in [-0.2, -0.15) is 0 Å². The van der Waals surface area contributed by atoms with Crippen molar-refractivity contribution >= 4 is 10.9 Å². The van der Waals surface area contributed by atoms with E-state index in [9.17, 15) is 0 Å². The molecule has 1 fully saturated rings. The van der Waals surface area contributed by atoms with Gasteiger partial charge in [0.2, 0.25) is 0 Å². The number of aromatic nitrogens is 1. The maximum absolute atomic E-state index is 3.59. The third-order valence-electron chi connectivity index (χ3n) is 3.46. The second-order valence-corrected chi connectivity index (χ2v) is 4.88. The predicted octanol–water partition coefficient (Wildman–Crippen LogP) is 2.92. The Morgan fingerprint density at radius 2 is 2.22 bits per heavy atom. The first-order valence-corrected chi connectivity index (χ1v) is 6.58. The minimum Gasteiger partial charge on any atom is -0.336 e. The monoisotopic (exact) mass is 238 g/mol. The topological polar surface area (TPSA) is 17.0 Å². The number of rotatable bonds is 4. The molecule has 2 heteroatoms. The fourth-order valence-electron chi connectivity index (χ4n) is 2.32. The lowest BCUT2D eigenvalue weighted by atomic mass is 10.1. The Morgan fingerprint density at radius 3 is 3.00 bits per heavy atom.